The Morgan fingerprint density at radius 2 is 1.71 bits per heavy atom. The highest BCUT2D eigenvalue weighted by atomic mass is 19.4. The number of nitro benzene ring substituents is 1. The maximum Gasteiger partial charge on any atom is 0.431 e. The molecule has 0 saturated carbocycles. The van der Waals surface area contributed by atoms with Gasteiger partial charge in [-0.25, -0.2) is 13.8 Å². The number of rotatable bonds is 7. The Morgan fingerprint density at radius 3 is 2.29 bits per heavy atom. The topological polar surface area (TPSA) is 146 Å². The minimum atomic E-state index is -5.07. The molecule has 0 radical (unpaired) electrons. The molecule has 0 N–H and O–H groups in total. The average molecular weight is 498 g/mol. The van der Waals surface area contributed by atoms with Crippen LogP contribution >= 0.6 is 0 Å². The molecule has 0 bridgehead atoms. The standard InChI is InChI=1S/C20H13F4N3O8/c1-25-16(20(22,23)24)8-17(28)26(19(25)31)11-7-15(12(27(32)33)6-10(11)21)35-14-5-3-2-4-13(14)34-9-18(29)30/h2-8H,9H2,1H3,(H,29,30)/p-1. The van der Waals surface area contributed by atoms with E-state index in [2.05, 4.69) is 0 Å². The van der Waals surface area contributed by atoms with Gasteiger partial charge < -0.3 is 19.4 Å². The Bertz CT molecular complexity index is 1450. The molecule has 2 aromatic carbocycles. The molecule has 0 fully saturated rings. The number of halogens is 4. The summed E-state index contributed by atoms with van der Waals surface area (Å²) in [6, 6.07) is 6.18. The summed E-state index contributed by atoms with van der Waals surface area (Å²) in [6.07, 6.45) is -5.07. The number of nitrogens with zero attached hydrogens (tertiary/aromatic N) is 3. The molecular formula is C20H12F4N3O8-. The van der Waals surface area contributed by atoms with E-state index in [1.807, 2.05) is 0 Å². The van der Waals surface area contributed by atoms with E-state index in [4.69, 9.17) is 9.47 Å². The Kier molecular flexibility index (Phi) is 6.61. The number of nitro groups is 1. The van der Waals surface area contributed by atoms with E-state index >= 15 is 0 Å². The van der Waals surface area contributed by atoms with Crippen LogP contribution in [0.3, 0.4) is 0 Å². The molecule has 35 heavy (non-hydrogen) atoms. The highest BCUT2D eigenvalue weighted by Crippen LogP contribution is 2.38. The van der Waals surface area contributed by atoms with Crippen LogP contribution in [0.25, 0.3) is 5.69 Å². The Hall–Kier alpha value is -4.69. The third-order valence-corrected chi connectivity index (χ3v) is 4.49. The molecule has 3 rings (SSSR count). The minimum absolute atomic E-state index is 0.0413. The zero-order valence-electron chi connectivity index (χ0n) is 17.4. The third kappa shape index (κ3) is 5.13. The van der Waals surface area contributed by atoms with Gasteiger partial charge in [-0.1, -0.05) is 12.1 Å². The zero-order chi connectivity index (χ0) is 26.1. The number of hydrogen-bond donors (Lipinski definition) is 0. The van der Waals surface area contributed by atoms with Crippen molar-refractivity contribution in [3.05, 3.63) is 84.9 Å². The van der Waals surface area contributed by atoms with E-state index in [0.717, 1.165) is 0 Å². The van der Waals surface area contributed by atoms with Gasteiger partial charge in [-0.05, 0) is 12.1 Å². The second-order valence-electron chi connectivity index (χ2n) is 6.78. The van der Waals surface area contributed by atoms with Gasteiger partial charge in [0.05, 0.1) is 22.6 Å². The van der Waals surface area contributed by atoms with Crippen molar-refractivity contribution in [2.75, 3.05) is 6.61 Å². The van der Waals surface area contributed by atoms with Crippen LogP contribution in [0.4, 0.5) is 23.2 Å². The minimum Gasteiger partial charge on any atom is -0.546 e. The van der Waals surface area contributed by atoms with Crippen molar-refractivity contribution in [2.24, 2.45) is 7.05 Å². The number of aromatic nitrogens is 2. The van der Waals surface area contributed by atoms with E-state index in [-0.39, 0.29) is 26.7 Å². The molecule has 15 heteroatoms. The molecule has 0 unspecified atom stereocenters. The van der Waals surface area contributed by atoms with Gasteiger partial charge in [-0.2, -0.15) is 13.2 Å². The van der Waals surface area contributed by atoms with Crippen LogP contribution in [0, 0.1) is 15.9 Å². The second-order valence-corrected chi connectivity index (χ2v) is 6.78. The van der Waals surface area contributed by atoms with Crippen molar-refractivity contribution < 1.29 is 41.9 Å². The SMILES string of the molecule is Cn1c(C(F)(F)F)cc(=O)n(-c2cc(Oc3ccccc3OCC(=O)[O-])c([N+](=O)[O-])cc2F)c1=O. The fourth-order valence-corrected chi connectivity index (χ4v) is 2.96. The van der Waals surface area contributed by atoms with Gasteiger partial charge in [0.25, 0.3) is 5.56 Å². The number of ether oxygens (including phenoxy) is 2. The molecule has 1 aromatic heterocycles. The predicted molar refractivity (Wildman–Crippen MR) is 106 cm³/mol. The number of carbonyl (C=O) groups is 1. The van der Waals surface area contributed by atoms with Crippen molar-refractivity contribution in [1.29, 1.82) is 0 Å². The van der Waals surface area contributed by atoms with E-state index < -0.39 is 63.6 Å². The maximum absolute atomic E-state index is 14.7. The summed E-state index contributed by atoms with van der Waals surface area (Å²) in [5.74, 6) is -4.29. The van der Waals surface area contributed by atoms with Gasteiger partial charge in [-0.3, -0.25) is 19.5 Å². The van der Waals surface area contributed by atoms with Gasteiger partial charge in [0.15, 0.2) is 17.3 Å². The van der Waals surface area contributed by atoms with E-state index in [0.29, 0.717) is 19.2 Å². The van der Waals surface area contributed by atoms with Gasteiger partial charge in [0, 0.05) is 19.2 Å². The number of aliphatic carboxylic acids is 1. The fourth-order valence-electron chi connectivity index (χ4n) is 2.96. The monoisotopic (exact) mass is 498 g/mol. The molecule has 0 aliphatic heterocycles. The number of alkyl halides is 3. The van der Waals surface area contributed by atoms with E-state index in [9.17, 15) is 47.2 Å². The summed E-state index contributed by atoms with van der Waals surface area (Å²) in [6.45, 7) is -0.909. The summed E-state index contributed by atoms with van der Waals surface area (Å²) in [7, 11) is 0.701. The summed E-state index contributed by atoms with van der Waals surface area (Å²) in [4.78, 5) is 45.9. The van der Waals surface area contributed by atoms with Crippen molar-refractivity contribution in [3.8, 4) is 22.9 Å². The van der Waals surface area contributed by atoms with Gasteiger partial charge in [0.1, 0.15) is 12.3 Å². The molecule has 0 aliphatic carbocycles. The number of para-hydroxylation sites is 2. The number of carboxylic acid groups (broad SMARTS) is 1. The first-order valence-corrected chi connectivity index (χ1v) is 9.29. The van der Waals surface area contributed by atoms with E-state index in [1.165, 1.54) is 24.3 Å². The molecule has 0 aliphatic rings. The molecule has 0 amide bonds. The first-order chi connectivity index (χ1) is 16.3. The lowest BCUT2D eigenvalue weighted by Gasteiger charge is -2.16. The van der Waals surface area contributed by atoms with Crippen LogP contribution in [0.2, 0.25) is 0 Å². The van der Waals surface area contributed by atoms with Crippen LogP contribution in [-0.2, 0) is 18.0 Å². The average Bonchev–Trinajstić information content (AvgIpc) is 2.76. The normalized spacial score (nSPS) is 11.2. The van der Waals surface area contributed by atoms with Crippen molar-refractivity contribution >= 4 is 11.7 Å². The summed E-state index contributed by atoms with van der Waals surface area (Å²) < 4.78 is 64.5. The Balaban J connectivity index is 2.20. The summed E-state index contributed by atoms with van der Waals surface area (Å²) in [5, 5.41) is 22.1. The van der Waals surface area contributed by atoms with Crippen molar-refractivity contribution in [2.45, 2.75) is 6.18 Å². The molecule has 0 atom stereocenters. The van der Waals surface area contributed by atoms with Gasteiger partial charge in [-0.15, -0.1) is 0 Å². The number of carbonyl (C=O) groups excluding carboxylic acids is 1. The van der Waals surface area contributed by atoms with E-state index in [1.54, 1.807) is 0 Å². The van der Waals surface area contributed by atoms with Gasteiger partial charge >= 0.3 is 17.6 Å². The molecule has 11 nitrogen and oxygen atoms in total. The zero-order valence-corrected chi connectivity index (χ0v) is 17.4. The fraction of sp³-hybridized carbons (Fsp3) is 0.150. The van der Waals surface area contributed by atoms with Crippen LogP contribution in [-0.4, -0.2) is 26.6 Å². The molecule has 3 aromatic rings. The quantitative estimate of drug-likeness (QED) is 0.271. The number of hydrogen-bond acceptors (Lipinski definition) is 8. The lowest BCUT2D eigenvalue weighted by molar-refractivity contribution is -0.385. The third-order valence-electron chi connectivity index (χ3n) is 4.49. The first kappa shape index (κ1) is 24.9. The van der Waals surface area contributed by atoms with Crippen LogP contribution in [0.5, 0.6) is 17.2 Å². The first-order valence-electron chi connectivity index (χ1n) is 9.29. The largest absolute Gasteiger partial charge is 0.546 e. The van der Waals surface area contributed by atoms with Gasteiger partial charge in [0.2, 0.25) is 5.75 Å². The molecular weight excluding hydrogens is 486 g/mol. The maximum atomic E-state index is 14.7. The lowest BCUT2D eigenvalue weighted by atomic mass is 10.2. The molecule has 0 spiro atoms. The predicted octanol–water partition coefficient (Wildman–Crippen LogP) is 1.52. The Labute approximate surface area is 191 Å². The molecule has 1 heterocycles. The van der Waals surface area contributed by atoms with Crippen molar-refractivity contribution in [1.82, 2.24) is 9.13 Å². The van der Waals surface area contributed by atoms with Crippen molar-refractivity contribution in [3.63, 3.8) is 0 Å². The van der Waals surface area contributed by atoms with Crippen LogP contribution in [0.1, 0.15) is 5.69 Å². The smallest absolute Gasteiger partial charge is 0.431 e. The number of benzene rings is 2. The number of carboxylic acids is 1. The van der Waals surface area contributed by atoms with Crippen LogP contribution in [0.15, 0.2) is 52.1 Å². The molecule has 184 valence electrons. The highest BCUT2D eigenvalue weighted by molar-refractivity contribution is 5.66. The highest BCUT2D eigenvalue weighted by Gasteiger charge is 2.35. The second kappa shape index (κ2) is 9.28. The summed E-state index contributed by atoms with van der Waals surface area (Å²) >= 11 is 0. The summed E-state index contributed by atoms with van der Waals surface area (Å²) in [5.41, 5.74) is -6.64. The Morgan fingerprint density at radius 1 is 1.09 bits per heavy atom. The lowest BCUT2D eigenvalue weighted by Crippen LogP contribution is -2.41. The van der Waals surface area contributed by atoms with Crippen LogP contribution < -0.4 is 25.8 Å². The molecule has 0 saturated heterocycles.